The van der Waals surface area contributed by atoms with Crippen molar-refractivity contribution in [3.8, 4) is 5.69 Å². The molecule has 1 aliphatic heterocycles. The number of hydrogen-bond donors (Lipinski definition) is 2. The average molecular weight is 360 g/mol. The lowest BCUT2D eigenvalue weighted by molar-refractivity contribution is -0.136. The monoisotopic (exact) mass is 360 g/mol. The lowest BCUT2D eigenvalue weighted by Gasteiger charge is -2.11. The number of nitrogens with zero attached hydrogens (tertiary/aromatic N) is 2. The van der Waals surface area contributed by atoms with Crippen molar-refractivity contribution in [1.82, 2.24) is 15.1 Å². The van der Waals surface area contributed by atoms with Gasteiger partial charge in [-0.05, 0) is 19.1 Å². The smallest absolute Gasteiger partial charge is 0.314 e. The molecule has 3 rings (SSSR count). The molecule has 2 aromatic rings. The molecule has 8 heteroatoms. The van der Waals surface area contributed by atoms with Gasteiger partial charge in [0.25, 0.3) is 0 Å². The van der Waals surface area contributed by atoms with Crippen LogP contribution in [0.2, 0.25) is 0 Å². The molecule has 0 radical (unpaired) electrons. The standard InChI is InChI=1S/C17H20N4O3S/c1-11-3-5-12(6-4-11)21-15(13-9-25-10-14(13)20-21)19-17(23)16(22)18-7-8-24-2/h3-6H,7-10H2,1-2H3,(H,18,22)(H,19,23). The van der Waals surface area contributed by atoms with Crippen LogP contribution in [-0.2, 0) is 25.8 Å². The fraction of sp³-hybridized carbons (Fsp3) is 0.353. The van der Waals surface area contributed by atoms with Crippen LogP contribution >= 0.6 is 11.8 Å². The number of aromatic nitrogens is 2. The second-order valence-corrected chi connectivity index (χ2v) is 6.70. The maximum absolute atomic E-state index is 12.2. The van der Waals surface area contributed by atoms with Crippen molar-refractivity contribution in [1.29, 1.82) is 0 Å². The first-order valence-electron chi connectivity index (χ1n) is 7.94. The van der Waals surface area contributed by atoms with E-state index in [1.54, 1.807) is 16.4 Å². The number of carbonyl (C=O) groups is 2. The summed E-state index contributed by atoms with van der Waals surface area (Å²) in [5.74, 6) is 0.743. The zero-order valence-electron chi connectivity index (χ0n) is 14.2. The third-order valence-corrected chi connectivity index (χ3v) is 4.83. The van der Waals surface area contributed by atoms with Crippen LogP contribution in [0.25, 0.3) is 5.69 Å². The number of hydrogen-bond acceptors (Lipinski definition) is 5. The number of nitrogens with one attached hydrogen (secondary N) is 2. The Bertz CT molecular complexity index is 786. The van der Waals surface area contributed by atoms with Crippen molar-refractivity contribution < 1.29 is 14.3 Å². The van der Waals surface area contributed by atoms with Crippen LogP contribution in [0.4, 0.5) is 5.82 Å². The Morgan fingerprint density at radius 3 is 2.72 bits per heavy atom. The number of carbonyl (C=O) groups excluding carboxylic acids is 2. The molecule has 0 aliphatic carbocycles. The highest BCUT2D eigenvalue weighted by molar-refractivity contribution is 7.98. The number of aryl methyl sites for hydroxylation is 1. The molecule has 0 saturated heterocycles. The molecule has 0 spiro atoms. The summed E-state index contributed by atoms with van der Waals surface area (Å²) < 4.78 is 6.56. The zero-order valence-corrected chi connectivity index (χ0v) is 15.0. The van der Waals surface area contributed by atoms with Crippen LogP contribution in [-0.4, -0.2) is 41.9 Å². The summed E-state index contributed by atoms with van der Waals surface area (Å²) in [7, 11) is 1.54. The third kappa shape index (κ3) is 3.85. The van der Waals surface area contributed by atoms with E-state index in [1.807, 2.05) is 31.2 Å². The molecule has 2 heterocycles. The molecular formula is C17H20N4O3S. The Hall–Kier alpha value is -2.32. The van der Waals surface area contributed by atoms with Crippen molar-refractivity contribution in [3.63, 3.8) is 0 Å². The van der Waals surface area contributed by atoms with Crippen molar-refractivity contribution in [3.05, 3.63) is 41.1 Å². The molecule has 0 unspecified atom stereocenters. The van der Waals surface area contributed by atoms with E-state index in [9.17, 15) is 9.59 Å². The van der Waals surface area contributed by atoms with Gasteiger partial charge in [-0.3, -0.25) is 9.59 Å². The highest BCUT2D eigenvalue weighted by Crippen LogP contribution is 2.36. The summed E-state index contributed by atoms with van der Waals surface area (Å²) in [6.07, 6.45) is 0. The van der Waals surface area contributed by atoms with Gasteiger partial charge in [-0.25, -0.2) is 4.68 Å². The zero-order chi connectivity index (χ0) is 17.8. The Labute approximate surface area is 150 Å². The summed E-state index contributed by atoms with van der Waals surface area (Å²) in [4.78, 5) is 24.2. The first kappa shape index (κ1) is 17.5. The summed E-state index contributed by atoms with van der Waals surface area (Å²) in [6.45, 7) is 2.65. The van der Waals surface area contributed by atoms with Crippen molar-refractivity contribution >= 4 is 29.4 Å². The largest absolute Gasteiger partial charge is 0.383 e. The average Bonchev–Trinajstić information content (AvgIpc) is 3.18. The predicted molar refractivity (Wildman–Crippen MR) is 96.8 cm³/mol. The lowest BCUT2D eigenvalue weighted by atomic mass is 10.2. The van der Waals surface area contributed by atoms with E-state index in [4.69, 9.17) is 4.74 Å². The van der Waals surface area contributed by atoms with Gasteiger partial charge in [0.05, 0.1) is 18.0 Å². The fourth-order valence-corrected chi connectivity index (χ4v) is 3.56. The number of fused-ring (bicyclic) bond motifs is 1. The Balaban J connectivity index is 1.84. The van der Waals surface area contributed by atoms with E-state index in [0.717, 1.165) is 34.0 Å². The Kier molecular flexibility index (Phi) is 5.40. The Morgan fingerprint density at radius 2 is 2.00 bits per heavy atom. The number of methoxy groups -OCH3 is 1. The molecule has 1 aromatic carbocycles. The second kappa shape index (κ2) is 7.71. The van der Waals surface area contributed by atoms with Gasteiger partial charge in [-0.2, -0.15) is 16.9 Å². The second-order valence-electron chi connectivity index (χ2n) is 5.72. The minimum absolute atomic E-state index is 0.286. The summed E-state index contributed by atoms with van der Waals surface area (Å²) >= 11 is 1.74. The minimum Gasteiger partial charge on any atom is -0.383 e. The first-order chi connectivity index (χ1) is 12.1. The molecule has 0 fully saturated rings. The SMILES string of the molecule is COCCNC(=O)C(=O)Nc1c2c(nn1-c1ccc(C)cc1)CSC2. The number of anilines is 1. The van der Waals surface area contributed by atoms with E-state index in [2.05, 4.69) is 15.7 Å². The molecular weight excluding hydrogens is 340 g/mol. The molecule has 2 amide bonds. The molecule has 1 aliphatic rings. The predicted octanol–water partition coefficient (Wildman–Crippen LogP) is 1.63. The van der Waals surface area contributed by atoms with Gasteiger partial charge < -0.3 is 15.4 Å². The normalized spacial score (nSPS) is 12.7. The van der Waals surface area contributed by atoms with Crippen LogP contribution in [0.3, 0.4) is 0 Å². The van der Waals surface area contributed by atoms with Crippen LogP contribution in [0.1, 0.15) is 16.8 Å². The van der Waals surface area contributed by atoms with E-state index in [0.29, 0.717) is 12.4 Å². The number of rotatable bonds is 5. The molecule has 25 heavy (non-hydrogen) atoms. The lowest BCUT2D eigenvalue weighted by Crippen LogP contribution is -2.37. The third-order valence-electron chi connectivity index (χ3n) is 3.86. The molecule has 132 valence electrons. The molecule has 1 aromatic heterocycles. The van der Waals surface area contributed by atoms with Crippen molar-refractivity contribution in [2.75, 3.05) is 25.6 Å². The van der Waals surface area contributed by atoms with Gasteiger partial charge in [0.1, 0.15) is 5.82 Å². The molecule has 0 bridgehead atoms. The van der Waals surface area contributed by atoms with Crippen LogP contribution in [0.15, 0.2) is 24.3 Å². The van der Waals surface area contributed by atoms with E-state index >= 15 is 0 Å². The Morgan fingerprint density at radius 1 is 1.24 bits per heavy atom. The molecule has 2 N–H and O–H groups in total. The number of thioether (sulfide) groups is 1. The fourth-order valence-electron chi connectivity index (χ4n) is 2.53. The summed E-state index contributed by atoms with van der Waals surface area (Å²) in [5.41, 5.74) is 3.91. The van der Waals surface area contributed by atoms with Gasteiger partial charge in [-0.1, -0.05) is 17.7 Å². The minimum atomic E-state index is -0.705. The topological polar surface area (TPSA) is 85.2 Å². The molecule has 0 saturated carbocycles. The number of amides is 2. The summed E-state index contributed by atoms with van der Waals surface area (Å²) in [6, 6.07) is 7.86. The number of ether oxygens (including phenoxy) is 1. The maximum Gasteiger partial charge on any atom is 0.314 e. The van der Waals surface area contributed by atoms with Gasteiger partial charge in [0.2, 0.25) is 0 Å². The van der Waals surface area contributed by atoms with E-state index in [1.165, 1.54) is 7.11 Å². The van der Waals surface area contributed by atoms with Gasteiger partial charge >= 0.3 is 11.8 Å². The maximum atomic E-state index is 12.2. The van der Waals surface area contributed by atoms with E-state index < -0.39 is 11.8 Å². The van der Waals surface area contributed by atoms with Crippen LogP contribution in [0, 0.1) is 6.92 Å². The van der Waals surface area contributed by atoms with Gasteiger partial charge in [-0.15, -0.1) is 0 Å². The summed E-state index contributed by atoms with van der Waals surface area (Å²) in [5, 5.41) is 9.85. The van der Waals surface area contributed by atoms with Gasteiger partial charge in [0, 0.05) is 30.7 Å². The van der Waals surface area contributed by atoms with E-state index in [-0.39, 0.29) is 6.54 Å². The number of benzene rings is 1. The molecule has 0 atom stereocenters. The quantitative estimate of drug-likeness (QED) is 0.625. The van der Waals surface area contributed by atoms with Crippen molar-refractivity contribution in [2.45, 2.75) is 18.4 Å². The highest BCUT2D eigenvalue weighted by atomic mass is 32.2. The van der Waals surface area contributed by atoms with Gasteiger partial charge in [0.15, 0.2) is 0 Å². The van der Waals surface area contributed by atoms with Crippen LogP contribution < -0.4 is 10.6 Å². The molecule has 7 nitrogen and oxygen atoms in total. The van der Waals surface area contributed by atoms with Crippen molar-refractivity contribution in [2.24, 2.45) is 0 Å². The van der Waals surface area contributed by atoms with Crippen LogP contribution in [0.5, 0.6) is 0 Å². The highest BCUT2D eigenvalue weighted by Gasteiger charge is 2.26. The first-order valence-corrected chi connectivity index (χ1v) is 9.09.